The average Bonchev–Trinajstić information content (AvgIpc) is 3.12. The standard InChI is InChI=1S/C26H34ClNO4S/c1-5-22-19-14-26(3,4)9-8-18(19)25(33-22)21(30)7-6-17-12-16(2)24(20(27)13-17)32-11-10-28-23(31)15-29/h12-13,29H,5-11,14-15H2,1-4H3,(H,28,31). The van der Waals surface area contributed by atoms with Crippen LogP contribution in [0.15, 0.2) is 12.1 Å². The predicted octanol–water partition coefficient (Wildman–Crippen LogP) is 5.09. The van der Waals surface area contributed by atoms with Crippen molar-refractivity contribution in [2.45, 2.75) is 66.2 Å². The molecule has 1 aromatic carbocycles. The van der Waals surface area contributed by atoms with Crippen molar-refractivity contribution in [1.29, 1.82) is 0 Å². The summed E-state index contributed by atoms with van der Waals surface area (Å²) in [6, 6.07) is 3.86. The van der Waals surface area contributed by atoms with Crippen LogP contribution >= 0.6 is 22.9 Å². The van der Waals surface area contributed by atoms with Crippen LogP contribution in [0.2, 0.25) is 5.02 Å². The summed E-state index contributed by atoms with van der Waals surface area (Å²) in [6.07, 6.45) is 5.26. The second-order valence-electron chi connectivity index (χ2n) is 9.51. The molecule has 7 heteroatoms. The van der Waals surface area contributed by atoms with Gasteiger partial charge in [0.15, 0.2) is 5.78 Å². The molecule has 1 amide bonds. The molecule has 0 atom stereocenters. The highest BCUT2D eigenvalue weighted by atomic mass is 35.5. The minimum absolute atomic E-state index is 0.226. The number of benzene rings is 1. The number of ketones is 1. The third kappa shape index (κ3) is 6.37. The van der Waals surface area contributed by atoms with E-state index in [9.17, 15) is 9.59 Å². The van der Waals surface area contributed by atoms with Gasteiger partial charge in [-0.2, -0.15) is 0 Å². The Morgan fingerprint density at radius 1 is 1.27 bits per heavy atom. The molecule has 0 fully saturated rings. The summed E-state index contributed by atoms with van der Waals surface area (Å²) in [5, 5.41) is 11.8. The van der Waals surface area contributed by atoms with Crippen LogP contribution in [0.4, 0.5) is 0 Å². The molecule has 1 aliphatic carbocycles. The molecule has 0 saturated heterocycles. The fourth-order valence-electron chi connectivity index (χ4n) is 4.46. The summed E-state index contributed by atoms with van der Waals surface area (Å²) in [7, 11) is 0. The van der Waals surface area contributed by atoms with Crippen molar-refractivity contribution in [3.8, 4) is 5.75 Å². The van der Waals surface area contributed by atoms with E-state index in [1.54, 1.807) is 11.3 Å². The third-order valence-electron chi connectivity index (χ3n) is 6.23. The van der Waals surface area contributed by atoms with Gasteiger partial charge in [0.25, 0.3) is 0 Å². The fraction of sp³-hybridized carbons (Fsp3) is 0.538. The van der Waals surface area contributed by atoms with Crippen LogP contribution in [-0.4, -0.2) is 36.6 Å². The molecule has 2 N–H and O–H groups in total. The van der Waals surface area contributed by atoms with E-state index in [2.05, 4.69) is 26.1 Å². The number of halogens is 1. The zero-order chi connectivity index (χ0) is 24.2. The molecule has 1 aromatic heterocycles. The normalized spacial score (nSPS) is 14.6. The molecular weight excluding hydrogens is 458 g/mol. The molecule has 1 heterocycles. The minimum Gasteiger partial charge on any atom is -0.490 e. The quantitative estimate of drug-likeness (QED) is 0.358. The van der Waals surface area contributed by atoms with Gasteiger partial charge in [0.2, 0.25) is 5.91 Å². The van der Waals surface area contributed by atoms with E-state index in [4.69, 9.17) is 21.4 Å². The maximum absolute atomic E-state index is 13.2. The first-order chi connectivity index (χ1) is 15.6. The molecule has 0 bridgehead atoms. The largest absolute Gasteiger partial charge is 0.490 e. The Morgan fingerprint density at radius 3 is 2.70 bits per heavy atom. The van der Waals surface area contributed by atoms with Gasteiger partial charge in [-0.05, 0) is 72.8 Å². The van der Waals surface area contributed by atoms with Gasteiger partial charge in [-0.1, -0.05) is 38.4 Å². The lowest BCUT2D eigenvalue weighted by Crippen LogP contribution is -2.30. The Labute approximate surface area is 205 Å². The molecule has 180 valence electrons. The second-order valence-corrected chi connectivity index (χ2v) is 11.0. The Hall–Kier alpha value is -1.89. The SMILES string of the molecule is CCc1sc(C(=O)CCc2cc(C)c(OCCNC(=O)CO)c(Cl)c2)c2c1CC(C)(C)CC2. The highest BCUT2D eigenvalue weighted by Crippen LogP contribution is 2.42. The van der Waals surface area contributed by atoms with Crippen LogP contribution in [0.3, 0.4) is 0 Å². The number of hydrogen-bond donors (Lipinski definition) is 2. The molecule has 0 spiro atoms. The topological polar surface area (TPSA) is 75.6 Å². The van der Waals surface area contributed by atoms with Crippen molar-refractivity contribution >= 4 is 34.6 Å². The van der Waals surface area contributed by atoms with Crippen molar-refractivity contribution in [3.05, 3.63) is 49.2 Å². The number of fused-ring (bicyclic) bond motifs is 1. The number of carbonyl (C=O) groups excluding carboxylic acids is 2. The van der Waals surface area contributed by atoms with Gasteiger partial charge in [-0.15, -0.1) is 11.3 Å². The van der Waals surface area contributed by atoms with Gasteiger partial charge < -0.3 is 15.2 Å². The number of aliphatic hydroxyl groups is 1. The Kier molecular flexibility index (Phi) is 8.59. The maximum Gasteiger partial charge on any atom is 0.245 e. The average molecular weight is 492 g/mol. The zero-order valence-electron chi connectivity index (χ0n) is 20.0. The molecule has 0 unspecified atom stereocenters. The molecular formula is C26H34ClNO4S. The van der Waals surface area contributed by atoms with Gasteiger partial charge in [0, 0.05) is 11.3 Å². The van der Waals surface area contributed by atoms with Crippen molar-refractivity contribution in [3.63, 3.8) is 0 Å². The molecule has 1 aliphatic rings. The van der Waals surface area contributed by atoms with E-state index < -0.39 is 12.5 Å². The maximum atomic E-state index is 13.2. The number of ether oxygens (including phenoxy) is 1. The molecule has 0 aliphatic heterocycles. The van der Waals surface area contributed by atoms with Crippen LogP contribution in [0.1, 0.15) is 70.4 Å². The second kappa shape index (κ2) is 11.0. The van der Waals surface area contributed by atoms with Crippen molar-refractivity contribution in [2.24, 2.45) is 5.41 Å². The number of rotatable bonds is 10. The van der Waals surface area contributed by atoms with Crippen LogP contribution in [-0.2, 0) is 30.5 Å². The number of hydrogen-bond acceptors (Lipinski definition) is 5. The number of aryl methyl sites for hydroxylation is 3. The Bertz CT molecular complexity index is 1000. The molecule has 0 radical (unpaired) electrons. The Morgan fingerprint density at radius 2 is 2.03 bits per heavy atom. The summed E-state index contributed by atoms with van der Waals surface area (Å²) in [6.45, 7) is 8.73. The van der Waals surface area contributed by atoms with E-state index in [0.717, 1.165) is 41.7 Å². The molecule has 2 aromatic rings. The van der Waals surface area contributed by atoms with Gasteiger partial charge in [-0.25, -0.2) is 0 Å². The van der Waals surface area contributed by atoms with Gasteiger partial charge >= 0.3 is 0 Å². The lowest BCUT2D eigenvalue weighted by molar-refractivity contribution is -0.123. The number of aliphatic hydroxyl groups excluding tert-OH is 1. The van der Waals surface area contributed by atoms with E-state index in [0.29, 0.717) is 29.0 Å². The van der Waals surface area contributed by atoms with E-state index >= 15 is 0 Å². The van der Waals surface area contributed by atoms with E-state index in [-0.39, 0.29) is 18.9 Å². The van der Waals surface area contributed by atoms with Crippen molar-refractivity contribution in [1.82, 2.24) is 5.32 Å². The van der Waals surface area contributed by atoms with Crippen LogP contribution < -0.4 is 10.1 Å². The number of Topliss-reactive ketones (excluding diaryl/α,β-unsaturated/α-hetero) is 1. The highest BCUT2D eigenvalue weighted by Gasteiger charge is 2.31. The predicted molar refractivity (Wildman–Crippen MR) is 134 cm³/mol. The first-order valence-electron chi connectivity index (χ1n) is 11.6. The summed E-state index contributed by atoms with van der Waals surface area (Å²) >= 11 is 8.15. The van der Waals surface area contributed by atoms with Crippen molar-refractivity contribution in [2.75, 3.05) is 19.8 Å². The fourth-order valence-corrected chi connectivity index (χ4v) is 6.08. The number of amides is 1. The first-order valence-corrected chi connectivity index (χ1v) is 12.8. The van der Waals surface area contributed by atoms with Crippen molar-refractivity contribution < 1.29 is 19.4 Å². The summed E-state index contributed by atoms with van der Waals surface area (Å²) < 4.78 is 5.71. The molecule has 33 heavy (non-hydrogen) atoms. The van der Waals surface area contributed by atoms with Gasteiger partial charge in [0.05, 0.1) is 16.4 Å². The van der Waals surface area contributed by atoms with Gasteiger partial charge in [-0.3, -0.25) is 9.59 Å². The molecule has 3 rings (SSSR count). The summed E-state index contributed by atoms with van der Waals surface area (Å²) in [5.41, 5.74) is 4.93. The van der Waals surface area contributed by atoms with E-state index in [1.807, 2.05) is 19.1 Å². The summed E-state index contributed by atoms with van der Waals surface area (Å²) in [5.74, 6) is 0.361. The third-order valence-corrected chi connectivity index (χ3v) is 7.97. The first kappa shape index (κ1) is 25.7. The lowest BCUT2D eigenvalue weighted by Gasteiger charge is -2.30. The monoisotopic (exact) mass is 491 g/mol. The minimum atomic E-state index is -0.542. The Balaban J connectivity index is 1.64. The highest BCUT2D eigenvalue weighted by molar-refractivity contribution is 7.14. The smallest absolute Gasteiger partial charge is 0.245 e. The zero-order valence-corrected chi connectivity index (χ0v) is 21.5. The van der Waals surface area contributed by atoms with E-state index in [1.165, 1.54) is 16.0 Å². The number of carbonyl (C=O) groups is 2. The van der Waals surface area contributed by atoms with Crippen LogP contribution in [0.5, 0.6) is 5.75 Å². The van der Waals surface area contributed by atoms with Gasteiger partial charge in [0.1, 0.15) is 19.0 Å². The number of thiophene rings is 1. The van der Waals surface area contributed by atoms with Crippen LogP contribution in [0, 0.1) is 12.3 Å². The number of nitrogens with one attached hydrogen (secondary N) is 1. The molecule has 5 nitrogen and oxygen atoms in total. The summed E-state index contributed by atoms with van der Waals surface area (Å²) in [4.78, 5) is 26.6. The lowest BCUT2D eigenvalue weighted by atomic mass is 9.74. The molecule has 0 saturated carbocycles. The van der Waals surface area contributed by atoms with Crippen LogP contribution in [0.25, 0.3) is 0 Å².